The molecular weight excluding hydrogens is 394 g/mol. The van der Waals surface area contributed by atoms with Gasteiger partial charge in [0, 0.05) is 5.56 Å². The van der Waals surface area contributed by atoms with Crippen molar-refractivity contribution in [2.45, 2.75) is 18.8 Å². The minimum atomic E-state index is -4.91. The molecule has 3 aromatic rings. The third-order valence-electron chi connectivity index (χ3n) is 4.54. The largest absolute Gasteiger partial charge is 0.496 e. The summed E-state index contributed by atoms with van der Waals surface area (Å²) in [6.07, 6.45) is -9.94. The van der Waals surface area contributed by atoms with Crippen LogP contribution in [0.15, 0.2) is 66.7 Å². The molecule has 0 unspecified atom stereocenters. The smallest absolute Gasteiger partial charge is 0.416 e. The van der Waals surface area contributed by atoms with Crippen molar-refractivity contribution in [1.82, 2.24) is 0 Å². The third kappa shape index (κ3) is 4.55. The van der Waals surface area contributed by atoms with E-state index in [0.717, 1.165) is 6.07 Å². The first-order valence-corrected chi connectivity index (χ1v) is 8.60. The molecule has 0 bridgehead atoms. The maximum absolute atomic E-state index is 13.5. The Morgan fingerprint density at radius 1 is 0.690 bits per heavy atom. The summed E-state index contributed by atoms with van der Waals surface area (Å²) >= 11 is 0. The van der Waals surface area contributed by atoms with Gasteiger partial charge in [-0.25, -0.2) is 0 Å². The predicted octanol–water partition coefficient (Wildman–Crippen LogP) is 6.99. The summed E-state index contributed by atoms with van der Waals surface area (Å²) in [5.74, 6) is 0.545. The van der Waals surface area contributed by atoms with Crippen LogP contribution in [0.2, 0.25) is 0 Å². The number of rotatable bonds is 4. The Morgan fingerprint density at radius 3 is 1.93 bits per heavy atom. The number of ether oxygens (including phenoxy) is 1. The lowest BCUT2D eigenvalue weighted by Crippen LogP contribution is -2.13. The molecule has 3 rings (SSSR count). The number of para-hydroxylation sites is 1. The van der Waals surface area contributed by atoms with Crippen molar-refractivity contribution in [2.24, 2.45) is 0 Å². The summed E-state index contributed by atoms with van der Waals surface area (Å²) < 4.78 is 84.5. The quantitative estimate of drug-likeness (QED) is 0.421. The standard InChI is InChI=1S/C22H16F6O/c1-29-20-9-5-4-8-18(20)17-7-3-2-6-14(17)12-15-10-11-16(21(23,24)25)13-19(15)22(26,27)28/h2-11,13H,12H2,1H3. The lowest BCUT2D eigenvalue weighted by atomic mass is 9.91. The maximum atomic E-state index is 13.5. The second kappa shape index (κ2) is 7.81. The van der Waals surface area contributed by atoms with Crippen molar-refractivity contribution in [3.05, 3.63) is 89.0 Å². The molecule has 0 atom stereocenters. The Morgan fingerprint density at radius 2 is 1.31 bits per heavy atom. The lowest BCUT2D eigenvalue weighted by Gasteiger charge is -2.18. The van der Waals surface area contributed by atoms with Gasteiger partial charge in [0.05, 0.1) is 18.2 Å². The molecular formula is C22H16F6O. The Hall–Kier alpha value is -2.96. The number of methoxy groups -OCH3 is 1. The van der Waals surface area contributed by atoms with Gasteiger partial charge in [-0.1, -0.05) is 48.5 Å². The fourth-order valence-electron chi connectivity index (χ4n) is 3.18. The normalized spacial score (nSPS) is 12.1. The molecule has 152 valence electrons. The molecule has 0 aliphatic heterocycles. The summed E-state index contributed by atoms with van der Waals surface area (Å²) in [6.45, 7) is 0. The zero-order chi connectivity index (χ0) is 21.2. The summed E-state index contributed by atoms with van der Waals surface area (Å²) in [7, 11) is 1.49. The van der Waals surface area contributed by atoms with E-state index in [4.69, 9.17) is 4.74 Å². The van der Waals surface area contributed by atoms with Gasteiger partial charge >= 0.3 is 12.4 Å². The molecule has 0 aliphatic rings. The van der Waals surface area contributed by atoms with Crippen LogP contribution < -0.4 is 4.74 Å². The highest BCUT2D eigenvalue weighted by atomic mass is 19.4. The van der Waals surface area contributed by atoms with Gasteiger partial charge in [-0.05, 0) is 41.3 Å². The molecule has 0 radical (unpaired) electrons. The zero-order valence-electron chi connectivity index (χ0n) is 15.2. The minimum Gasteiger partial charge on any atom is -0.496 e. The second-order valence-corrected chi connectivity index (χ2v) is 6.40. The first kappa shape index (κ1) is 20.8. The van der Waals surface area contributed by atoms with E-state index >= 15 is 0 Å². The van der Waals surface area contributed by atoms with E-state index in [-0.39, 0.29) is 18.1 Å². The molecule has 0 amide bonds. The maximum Gasteiger partial charge on any atom is 0.416 e. The van der Waals surface area contributed by atoms with Gasteiger partial charge < -0.3 is 4.74 Å². The van der Waals surface area contributed by atoms with E-state index in [0.29, 0.717) is 28.5 Å². The molecule has 0 aromatic heterocycles. The number of hydrogen-bond donors (Lipinski definition) is 0. The number of halogens is 6. The van der Waals surface area contributed by atoms with Crippen molar-refractivity contribution in [3.8, 4) is 16.9 Å². The van der Waals surface area contributed by atoms with Crippen LogP contribution in [0, 0.1) is 0 Å². The van der Waals surface area contributed by atoms with E-state index in [9.17, 15) is 26.3 Å². The average molecular weight is 410 g/mol. The molecule has 0 saturated carbocycles. The molecule has 0 heterocycles. The number of alkyl halides is 6. The Labute approximate surface area is 163 Å². The van der Waals surface area contributed by atoms with Gasteiger partial charge in [0.1, 0.15) is 5.75 Å². The first-order chi connectivity index (χ1) is 13.6. The van der Waals surface area contributed by atoms with Gasteiger partial charge in [-0.2, -0.15) is 26.3 Å². The summed E-state index contributed by atoms with van der Waals surface area (Å²) in [5.41, 5.74) is -0.965. The SMILES string of the molecule is COc1ccccc1-c1ccccc1Cc1ccc(C(F)(F)F)cc1C(F)(F)F. The van der Waals surface area contributed by atoms with E-state index in [1.54, 1.807) is 48.5 Å². The first-order valence-electron chi connectivity index (χ1n) is 8.60. The lowest BCUT2D eigenvalue weighted by molar-refractivity contribution is -0.143. The van der Waals surface area contributed by atoms with E-state index in [1.807, 2.05) is 0 Å². The number of benzene rings is 3. The van der Waals surface area contributed by atoms with Crippen molar-refractivity contribution >= 4 is 0 Å². The van der Waals surface area contributed by atoms with E-state index in [2.05, 4.69) is 0 Å². The second-order valence-electron chi connectivity index (χ2n) is 6.40. The van der Waals surface area contributed by atoms with Crippen molar-refractivity contribution < 1.29 is 31.1 Å². The monoisotopic (exact) mass is 410 g/mol. The summed E-state index contributed by atoms with van der Waals surface area (Å²) in [4.78, 5) is 0. The topological polar surface area (TPSA) is 9.23 Å². The van der Waals surface area contributed by atoms with Crippen molar-refractivity contribution in [3.63, 3.8) is 0 Å². The zero-order valence-corrected chi connectivity index (χ0v) is 15.2. The molecule has 3 aromatic carbocycles. The van der Waals surface area contributed by atoms with Crippen LogP contribution in [-0.2, 0) is 18.8 Å². The van der Waals surface area contributed by atoms with Crippen molar-refractivity contribution in [1.29, 1.82) is 0 Å². The summed E-state index contributed by atoms with van der Waals surface area (Å²) in [6, 6.07) is 15.6. The molecule has 0 N–H and O–H groups in total. The van der Waals surface area contributed by atoms with Gasteiger partial charge in [0.25, 0.3) is 0 Å². The molecule has 0 saturated heterocycles. The van der Waals surface area contributed by atoms with Crippen LogP contribution in [0.4, 0.5) is 26.3 Å². The Bertz CT molecular complexity index is 1000. The predicted molar refractivity (Wildman–Crippen MR) is 97.7 cm³/mol. The fraction of sp³-hybridized carbons (Fsp3) is 0.182. The highest BCUT2D eigenvalue weighted by molar-refractivity contribution is 5.73. The van der Waals surface area contributed by atoms with Crippen LogP contribution >= 0.6 is 0 Å². The minimum absolute atomic E-state index is 0.168. The molecule has 7 heteroatoms. The molecule has 0 spiro atoms. The average Bonchev–Trinajstić information content (AvgIpc) is 2.67. The van der Waals surface area contributed by atoms with E-state index in [1.165, 1.54) is 7.11 Å². The Kier molecular flexibility index (Phi) is 5.59. The molecule has 1 nitrogen and oxygen atoms in total. The fourth-order valence-corrected chi connectivity index (χ4v) is 3.18. The van der Waals surface area contributed by atoms with Crippen LogP contribution in [-0.4, -0.2) is 7.11 Å². The molecule has 0 aliphatic carbocycles. The Balaban J connectivity index is 2.10. The highest BCUT2D eigenvalue weighted by Crippen LogP contribution is 2.39. The number of hydrogen-bond acceptors (Lipinski definition) is 1. The van der Waals surface area contributed by atoms with Gasteiger partial charge in [0.2, 0.25) is 0 Å². The van der Waals surface area contributed by atoms with Crippen LogP contribution in [0.1, 0.15) is 22.3 Å². The van der Waals surface area contributed by atoms with E-state index < -0.39 is 23.5 Å². The van der Waals surface area contributed by atoms with Crippen LogP contribution in [0.25, 0.3) is 11.1 Å². The van der Waals surface area contributed by atoms with Gasteiger partial charge in [0.15, 0.2) is 0 Å². The summed E-state index contributed by atoms with van der Waals surface area (Å²) in [5, 5.41) is 0. The third-order valence-corrected chi connectivity index (χ3v) is 4.54. The molecule has 29 heavy (non-hydrogen) atoms. The highest BCUT2D eigenvalue weighted by Gasteiger charge is 2.38. The van der Waals surface area contributed by atoms with Crippen LogP contribution in [0.5, 0.6) is 5.75 Å². The molecule has 0 fully saturated rings. The van der Waals surface area contributed by atoms with Crippen molar-refractivity contribution in [2.75, 3.05) is 7.11 Å². The van der Waals surface area contributed by atoms with Gasteiger partial charge in [-0.15, -0.1) is 0 Å². The van der Waals surface area contributed by atoms with Gasteiger partial charge in [-0.3, -0.25) is 0 Å². The van der Waals surface area contributed by atoms with Crippen LogP contribution in [0.3, 0.4) is 0 Å².